The van der Waals surface area contributed by atoms with Crippen LogP contribution in [-0.2, 0) is 31.5 Å². The minimum absolute atomic E-state index is 0.0439. The summed E-state index contributed by atoms with van der Waals surface area (Å²) >= 11 is 0. The lowest BCUT2D eigenvalue weighted by Crippen LogP contribution is -2.29. The lowest BCUT2D eigenvalue weighted by molar-refractivity contribution is -0.139. The summed E-state index contributed by atoms with van der Waals surface area (Å²) in [5.41, 5.74) is -2.24. The first-order valence-corrected chi connectivity index (χ1v) is 13.3. The van der Waals surface area contributed by atoms with E-state index in [4.69, 9.17) is 0 Å². The van der Waals surface area contributed by atoms with Crippen LogP contribution in [0.4, 0.5) is 13.2 Å². The molecule has 204 valence electrons. The number of alkyl halides is 3. The largest absolute Gasteiger partial charge is 0.534 e. The van der Waals surface area contributed by atoms with Crippen molar-refractivity contribution < 1.29 is 40.4 Å². The van der Waals surface area contributed by atoms with Crippen molar-refractivity contribution in [1.29, 1.82) is 0 Å². The second-order valence-corrected chi connectivity index (χ2v) is 10.5. The highest BCUT2D eigenvalue weighted by Gasteiger charge is 2.48. The number of halogens is 3. The number of carbonyl (C=O) groups is 1. The van der Waals surface area contributed by atoms with Crippen LogP contribution in [0.5, 0.6) is 11.5 Å². The fraction of sp³-hybridized carbons (Fsp3) is 0.321. The van der Waals surface area contributed by atoms with Crippen molar-refractivity contribution in [2.45, 2.75) is 51.0 Å². The zero-order chi connectivity index (χ0) is 28.3. The summed E-state index contributed by atoms with van der Waals surface area (Å²) in [7, 11) is -4.46. The Morgan fingerprint density at radius 3 is 2.00 bits per heavy atom. The van der Waals surface area contributed by atoms with Crippen LogP contribution in [-0.4, -0.2) is 32.1 Å². The molecule has 0 aromatic heterocycles. The van der Waals surface area contributed by atoms with Gasteiger partial charge in [0.1, 0.15) is 11.5 Å². The third kappa shape index (κ3) is 5.80. The van der Waals surface area contributed by atoms with Gasteiger partial charge in [-0.15, -0.1) is 0 Å². The van der Waals surface area contributed by atoms with Gasteiger partial charge in [-0.05, 0) is 59.7 Å². The predicted octanol–water partition coefficient (Wildman–Crippen LogP) is 6.42. The Hall–Kier alpha value is -3.53. The van der Waals surface area contributed by atoms with E-state index >= 15 is 0 Å². The molecule has 0 saturated carbocycles. The van der Waals surface area contributed by atoms with Gasteiger partial charge in [0.2, 0.25) is 0 Å². The lowest BCUT2D eigenvalue weighted by Gasteiger charge is -2.34. The van der Waals surface area contributed by atoms with E-state index in [9.17, 15) is 31.5 Å². The molecule has 0 fully saturated rings. The van der Waals surface area contributed by atoms with Gasteiger partial charge >= 0.3 is 21.6 Å². The molecular formula is C28H29F3O6S. The number of benzene rings is 3. The third-order valence-electron chi connectivity index (χ3n) is 6.81. The molecule has 0 bridgehead atoms. The Balaban J connectivity index is 1.96. The third-order valence-corrected chi connectivity index (χ3v) is 7.77. The number of phenols is 1. The maximum Gasteiger partial charge on any atom is 0.534 e. The Labute approximate surface area is 220 Å². The van der Waals surface area contributed by atoms with E-state index in [-0.39, 0.29) is 23.7 Å². The molecule has 6 nitrogen and oxygen atoms in total. The number of aryl methyl sites for hydroxylation is 1. The monoisotopic (exact) mass is 550 g/mol. The van der Waals surface area contributed by atoms with Crippen molar-refractivity contribution in [2.24, 2.45) is 0 Å². The Bertz CT molecular complexity index is 1410. The fourth-order valence-corrected chi connectivity index (χ4v) is 5.07. The molecule has 3 aromatic carbocycles. The molecular weight excluding hydrogens is 521 g/mol. The number of ether oxygens (including phenoxy) is 1. The summed E-state index contributed by atoms with van der Waals surface area (Å²) in [6.45, 7) is 5.40. The molecule has 0 aliphatic rings. The van der Waals surface area contributed by atoms with E-state index in [1.807, 2.05) is 19.9 Å². The van der Waals surface area contributed by atoms with Gasteiger partial charge < -0.3 is 14.0 Å². The zero-order valence-electron chi connectivity index (χ0n) is 21.4. The molecule has 38 heavy (non-hydrogen) atoms. The molecule has 0 spiro atoms. The van der Waals surface area contributed by atoms with Crippen LogP contribution in [0.3, 0.4) is 0 Å². The van der Waals surface area contributed by atoms with Crippen LogP contribution < -0.4 is 4.18 Å². The normalized spacial score (nSPS) is 12.3. The summed E-state index contributed by atoms with van der Waals surface area (Å²) in [6.07, 6.45) is 1.35. The maximum absolute atomic E-state index is 12.8. The first-order chi connectivity index (χ1) is 17.8. The molecule has 0 aliphatic heterocycles. The quantitative estimate of drug-likeness (QED) is 0.188. The van der Waals surface area contributed by atoms with Gasteiger partial charge in [0.25, 0.3) is 0 Å². The number of carbonyl (C=O) groups excluding carboxylic acids is 1. The van der Waals surface area contributed by atoms with Crippen molar-refractivity contribution in [1.82, 2.24) is 0 Å². The molecule has 0 radical (unpaired) electrons. The van der Waals surface area contributed by atoms with E-state index in [1.54, 1.807) is 48.5 Å². The second kappa shape index (κ2) is 11.1. The van der Waals surface area contributed by atoms with Crippen LogP contribution >= 0.6 is 0 Å². The van der Waals surface area contributed by atoms with E-state index < -0.39 is 26.8 Å². The van der Waals surface area contributed by atoms with Crippen LogP contribution in [0.15, 0.2) is 60.7 Å². The molecule has 10 heteroatoms. The molecule has 0 heterocycles. The summed E-state index contributed by atoms with van der Waals surface area (Å²) in [4.78, 5) is 11.5. The van der Waals surface area contributed by atoms with Crippen molar-refractivity contribution >= 4 is 16.1 Å². The number of aromatic hydroxyl groups is 1. The highest BCUT2D eigenvalue weighted by molar-refractivity contribution is 7.88. The number of rotatable bonds is 9. The standard InChI is InChI=1S/C28H29F3O6S/c1-5-27(6-2,21-12-14-25(18(3)15-21)37-38(34,35)28(29,30)31)22-11-13-23(24(32)17-22)20-9-7-19(8-10-20)16-26(33)36-4/h7-15,17,32H,5-6,16H2,1-4H3. The van der Waals surface area contributed by atoms with E-state index in [0.29, 0.717) is 18.4 Å². The second-order valence-electron chi connectivity index (χ2n) is 8.93. The Morgan fingerprint density at radius 1 is 0.921 bits per heavy atom. The fourth-order valence-electron chi connectivity index (χ4n) is 4.55. The van der Waals surface area contributed by atoms with Gasteiger partial charge in [-0.25, -0.2) is 0 Å². The van der Waals surface area contributed by atoms with Crippen molar-refractivity contribution in [3.05, 3.63) is 82.9 Å². The molecule has 3 rings (SSSR count). The topological polar surface area (TPSA) is 89.9 Å². The Morgan fingerprint density at radius 2 is 1.50 bits per heavy atom. The number of hydrogen-bond acceptors (Lipinski definition) is 6. The van der Waals surface area contributed by atoms with Gasteiger partial charge in [0.15, 0.2) is 0 Å². The number of methoxy groups -OCH3 is 1. The summed E-state index contributed by atoms with van der Waals surface area (Å²) in [5, 5.41) is 10.9. The van der Waals surface area contributed by atoms with Gasteiger partial charge in [-0.1, -0.05) is 62.4 Å². The van der Waals surface area contributed by atoms with E-state index in [1.165, 1.54) is 20.1 Å². The summed E-state index contributed by atoms with van der Waals surface area (Å²) in [5.74, 6) is -0.708. The highest BCUT2D eigenvalue weighted by Crippen LogP contribution is 2.43. The predicted molar refractivity (Wildman–Crippen MR) is 137 cm³/mol. The van der Waals surface area contributed by atoms with Crippen molar-refractivity contribution in [3.63, 3.8) is 0 Å². The molecule has 0 saturated heterocycles. The van der Waals surface area contributed by atoms with Crippen LogP contribution in [0.2, 0.25) is 0 Å². The lowest BCUT2D eigenvalue weighted by atomic mass is 9.70. The van der Waals surface area contributed by atoms with E-state index in [2.05, 4.69) is 8.92 Å². The van der Waals surface area contributed by atoms with Gasteiger partial charge in [-0.2, -0.15) is 21.6 Å². The molecule has 0 unspecified atom stereocenters. The van der Waals surface area contributed by atoms with Crippen LogP contribution in [0.1, 0.15) is 48.9 Å². The SMILES string of the molecule is CCC(CC)(c1ccc(OS(=O)(=O)C(F)(F)F)c(C)c1)c1ccc(-c2ccc(CC(=O)OC)cc2)c(O)c1. The highest BCUT2D eigenvalue weighted by atomic mass is 32.2. The first kappa shape index (κ1) is 29.0. The van der Waals surface area contributed by atoms with Gasteiger partial charge in [0.05, 0.1) is 13.5 Å². The van der Waals surface area contributed by atoms with Crippen molar-refractivity contribution in [2.75, 3.05) is 7.11 Å². The van der Waals surface area contributed by atoms with Crippen LogP contribution in [0.25, 0.3) is 11.1 Å². The molecule has 0 aliphatic carbocycles. The van der Waals surface area contributed by atoms with E-state index in [0.717, 1.165) is 22.3 Å². The summed E-state index contributed by atoms with van der Waals surface area (Å²) < 4.78 is 70.3. The molecule has 1 N–H and O–H groups in total. The molecule has 3 aromatic rings. The zero-order valence-corrected chi connectivity index (χ0v) is 22.2. The first-order valence-electron chi connectivity index (χ1n) is 11.9. The number of hydrogen-bond donors (Lipinski definition) is 1. The maximum atomic E-state index is 12.8. The average Bonchev–Trinajstić information content (AvgIpc) is 2.86. The minimum atomic E-state index is -5.79. The Kier molecular flexibility index (Phi) is 8.45. The summed E-state index contributed by atoms with van der Waals surface area (Å²) in [6, 6.07) is 16.9. The molecule has 0 amide bonds. The van der Waals surface area contributed by atoms with Gasteiger partial charge in [-0.3, -0.25) is 4.79 Å². The smallest absolute Gasteiger partial charge is 0.507 e. The van der Waals surface area contributed by atoms with Crippen molar-refractivity contribution in [3.8, 4) is 22.6 Å². The number of phenolic OH excluding ortho intramolecular Hbond substituents is 1. The molecule has 0 atom stereocenters. The minimum Gasteiger partial charge on any atom is -0.507 e. The number of esters is 1. The average molecular weight is 551 g/mol. The van der Waals surface area contributed by atoms with Crippen LogP contribution in [0, 0.1) is 6.92 Å². The van der Waals surface area contributed by atoms with Gasteiger partial charge in [0, 0.05) is 11.0 Å².